The fourth-order valence-electron chi connectivity index (χ4n) is 8.11. The molecule has 3 N–H and O–H groups in total. The third-order valence-electron chi connectivity index (χ3n) is 10.9. The van der Waals surface area contributed by atoms with Crippen molar-refractivity contribution in [2.24, 2.45) is 11.8 Å². The zero-order valence-electron chi connectivity index (χ0n) is 27.3. The SMILES string of the molecule is CC(C)(O)C1CCN(CCOc2cc3c(cn2)nc(NC(=O)c2cccc(F)c2)n3C2CCC(C(=O)N3CC4CC3CN4)CC2)CC1. The number of nitrogens with one attached hydrogen (secondary N) is 2. The number of benzene rings is 1. The molecule has 2 atom stereocenters. The molecule has 2 unspecified atom stereocenters. The molecule has 3 saturated heterocycles. The lowest BCUT2D eigenvalue weighted by molar-refractivity contribution is -0.138. The van der Waals surface area contributed by atoms with Crippen molar-refractivity contribution in [3.8, 4) is 5.88 Å². The molecule has 2 aromatic heterocycles. The molecule has 12 heteroatoms. The first-order chi connectivity index (χ1) is 22.6. The van der Waals surface area contributed by atoms with Gasteiger partial charge in [0.25, 0.3) is 5.91 Å². The lowest BCUT2D eigenvalue weighted by atomic mass is 9.83. The molecule has 2 bridgehead atoms. The normalized spacial score (nSPS) is 25.4. The highest BCUT2D eigenvalue weighted by molar-refractivity contribution is 6.04. The number of rotatable bonds is 9. The number of aromatic nitrogens is 3. The Labute approximate surface area is 274 Å². The van der Waals surface area contributed by atoms with Gasteiger partial charge in [0.2, 0.25) is 17.7 Å². The number of likely N-dealkylation sites (tertiary alicyclic amines) is 2. The van der Waals surface area contributed by atoms with Crippen LogP contribution in [0.4, 0.5) is 10.3 Å². The van der Waals surface area contributed by atoms with Crippen LogP contribution in [0.15, 0.2) is 36.5 Å². The minimum atomic E-state index is -0.652. The third kappa shape index (κ3) is 6.86. The van der Waals surface area contributed by atoms with Crippen LogP contribution in [0.5, 0.6) is 5.88 Å². The van der Waals surface area contributed by atoms with Crippen LogP contribution in [0.2, 0.25) is 0 Å². The quantitative estimate of drug-likeness (QED) is 0.319. The van der Waals surface area contributed by atoms with Gasteiger partial charge in [0.05, 0.1) is 17.3 Å². The van der Waals surface area contributed by atoms with Crippen molar-refractivity contribution >= 4 is 28.8 Å². The number of ether oxygens (including phenoxy) is 1. The van der Waals surface area contributed by atoms with Crippen molar-refractivity contribution in [1.29, 1.82) is 0 Å². The molecule has 3 aromatic rings. The molecule has 1 saturated carbocycles. The van der Waals surface area contributed by atoms with Gasteiger partial charge >= 0.3 is 0 Å². The maximum atomic E-state index is 13.9. The maximum Gasteiger partial charge on any atom is 0.258 e. The van der Waals surface area contributed by atoms with E-state index >= 15 is 0 Å². The van der Waals surface area contributed by atoms with Crippen LogP contribution in [0, 0.1) is 17.7 Å². The number of fused-ring (bicyclic) bond motifs is 3. The molecular weight excluding hydrogens is 601 g/mol. The molecule has 47 heavy (non-hydrogen) atoms. The van der Waals surface area contributed by atoms with Gasteiger partial charge in [-0.1, -0.05) is 6.07 Å². The molecule has 4 aliphatic rings. The number of carbonyl (C=O) groups excluding carboxylic acids is 2. The van der Waals surface area contributed by atoms with E-state index in [1.165, 1.54) is 18.2 Å². The first-order valence-electron chi connectivity index (χ1n) is 17.2. The predicted molar refractivity (Wildman–Crippen MR) is 176 cm³/mol. The van der Waals surface area contributed by atoms with Gasteiger partial charge in [-0.25, -0.2) is 14.4 Å². The molecule has 1 aliphatic carbocycles. The number of carbonyl (C=O) groups is 2. The van der Waals surface area contributed by atoms with Crippen molar-refractivity contribution in [2.75, 3.05) is 44.6 Å². The highest BCUT2D eigenvalue weighted by Gasteiger charge is 2.43. The fraction of sp³-hybridized carbons (Fsp3) is 0.600. The second-order valence-electron chi connectivity index (χ2n) is 14.4. The largest absolute Gasteiger partial charge is 0.476 e. The molecule has 11 nitrogen and oxygen atoms in total. The van der Waals surface area contributed by atoms with E-state index in [4.69, 9.17) is 9.72 Å². The fourth-order valence-corrected chi connectivity index (χ4v) is 8.11. The Bertz CT molecular complexity index is 1610. The predicted octanol–water partition coefficient (Wildman–Crippen LogP) is 3.99. The molecule has 0 radical (unpaired) electrons. The standard InChI is InChI=1S/C35H46FN7O4/c1-35(2,46)24-10-12-41(13-11-24)14-15-47-31-18-30-29(20-38-31)39-34(40-32(44)23-4-3-5-25(36)16-23)43(30)27-8-6-22(7-9-27)33(45)42-21-26-17-28(42)19-37-26/h3-5,16,18,20,22,24,26-28,37,46H,6-15,17,19,21H2,1-2H3,(H,39,40,44). The molecule has 252 valence electrons. The highest BCUT2D eigenvalue weighted by Crippen LogP contribution is 2.39. The monoisotopic (exact) mass is 647 g/mol. The number of amides is 2. The Kier molecular flexibility index (Phi) is 8.92. The topological polar surface area (TPSA) is 125 Å². The second kappa shape index (κ2) is 13.1. The summed E-state index contributed by atoms with van der Waals surface area (Å²) in [5, 5.41) is 16.8. The minimum Gasteiger partial charge on any atom is -0.476 e. The van der Waals surface area contributed by atoms with Crippen LogP contribution >= 0.6 is 0 Å². The summed E-state index contributed by atoms with van der Waals surface area (Å²) in [6, 6.07) is 8.24. The Morgan fingerprint density at radius 3 is 2.57 bits per heavy atom. The maximum absolute atomic E-state index is 13.9. The summed E-state index contributed by atoms with van der Waals surface area (Å²) in [4.78, 5) is 40.4. The average Bonchev–Trinajstić information content (AvgIpc) is 3.79. The molecule has 4 fully saturated rings. The third-order valence-corrected chi connectivity index (χ3v) is 10.9. The summed E-state index contributed by atoms with van der Waals surface area (Å²) in [5.41, 5.74) is 0.981. The highest BCUT2D eigenvalue weighted by atomic mass is 19.1. The van der Waals surface area contributed by atoms with Gasteiger partial charge in [-0.2, -0.15) is 0 Å². The Hall–Kier alpha value is -3.61. The summed E-state index contributed by atoms with van der Waals surface area (Å²) in [7, 11) is 0. The van der Waals surface area contributed by atoms with E-state index in [0.29, 0.717) is 42.0 Å². The number of halogens is 1. The first-order valence-corrected chi connectivity index (χ1v) is 17.2. The summed E-state index contributed by atoms with van der Waals surface area (Å²) in [5.74, 6) is 0.510. The lowest BCUT2D eigenvalue weighted by Gasteiger charge is -2.37. The Morgan fingerprint density at radius 1 is 1.11 bits per heavy atom. The van der Waals surface area contributed by atoms with Crippen LogP contribution in [-0.4, -0.2) is 98.3 Å². The van der Waals surface area contributed by atoms with Gasteiger partial charge in [0, 0.05) is 55.3 Å². The van der Waals surface area contributed by atoms with Crippen molar-refractivity contribution in [1.82, 2.24) is 29.7 Å². The van der Waals surface area contributed by atoms with Crippen LogP contribution < -0.4 is 15.4 Å². The van der Waals surface area contributed by atoms with Crippen molar-refractivity contribution in [3.63, 3.8) is 0 Å². The number of aliphatic hydroxyl groups is 1. The summed E-state index contributed by atoms with van der Waals surface area (Å²) in [6.45, 7) is 8.56. The van der Waals surface area contributed by atoms with Crippen molar-refractivity contribution in [3.05, 3.63) is 47.9 Å². The van der Waals surface area contributed by atoms with Gasteiger partial charge < -0.3 is 24.6 Å². The van der Waals surface area contributed by atoms with Gasteiger partial charge in [0.1, 0.15) is 17.9 Å². The number of anilines is 1. The molecule has 1 aromatic carbocycles. The van der Waals surface area contributed by atoms with E-state index in [9.17, 15) is 19.1 Å². The van der Waals surface area contributed by atoms with Crippen molar-refractivity contribution in [2.45, 2.75) is 82.5 Å². The van der Waals surface area contributed by atoms with E-state index in [0.717, 1.165) is 83.2 Å². The van der Waals surface area contributed by atoms with Gasteiger partial charge in [-0.3, -0.25) is 19.8 Å². The van der Waals surface area contributed by atoms with Crippen LogP contribution in [-0.2, 0) is 4.79 Å². The first kappa shape index (κ1) is 32.0. The van der Waals surface area contributed by atoms with Gasteiger partial charge in [-0.15, -0.1) is 0 Å². The molecular formula is C35H46FN7O4. The van der Waals surface area contributed by atoms with Crippen LogP contribution in [0.25, 0.3) is 11.0 Å². The smallest absolute Gasteiger partial charge is 0.258 e. The molecule has 3 aliphatic heterocycles. The molecule has 0 spiro atoms. The van der Waals surface area contributed by atoms with E-state index in [1.807, 2.05) is 24.5 Å². The molecule has 2 amide bonds. The summed E-state index contributed by atoms with van der Waals surface area (Å²) >= 11 is 0. The van der Waals surface area contributed by atoms with Gasteiger partial charge in [0.15, 0.2) is 0 Å². The van der Waals surface area contributed by atoms with Crippen LogP contribution in [0.1, 0.15) is 75.2 Å². The number of pyridine rings is 1. The average molecular weight is 648 g/mol. The van der Waals surface area contributed by atoms with E-state index < -0.39 is 17.3 Å². The van der Waals surface area contributed by atoms with E-state index in [1.54, 1.807) is 12.3 Å². The van der Waals surface area contributed by atoms with E-state index in [-0.39, 0.29) is 23.4 Å². The van der Waals surface area contributed by atoms with E-state index in [2.05, 4.69) is 25.4 Å². The zero-order chi connectivity index (χ0) is 32.7. The van der Waals surface area contributed by atoms with Gasteiger partial charge in [-0.05, 0) is 96.0 Å². The number of hydrogen-bond donors (Lipinski definition) is 3. The van der Waals surface area contributed by atoms with Crippen LogP contribution in [0.3, 0.4) is 0 Å². The zero-order valence-corrected chi connectivity index (χ0v) is 27.3. The molecule has 7 rings (SSSR count). The summed E-state index contributed by atoms with van der Waals surface area (Å²) < 4.78 is 22.1. The number of nitrogens with zero attached hydrogens (tertiary/aromatic N) is 5. The number of imidazole rings is 1. The lowest BCUT2D eigenvalue weighted by Crippen LogP contribution is -2.49. The number of hydrogen-bond acceptors (Lipinski definition) is 8. The minimum absolute atomic E-state index is 0.000187. The number of piperidine rings is 1. The Balaban J connectivity index is 1.06. The second-order valence-corrected chi connectivity index (χ2v) is 14.4. The number of piperazine rings is 1. The Morgan fingerprint density at radius 2 is 1.89 bits per heavy atom. The molecule has 5 heterocycles. The van der Waals surface area contributed by atoms with Crippen molar-refractivity contribution < 1.29 is 23.8 Å². The summed E-state index contributed by atoms with van der Waals surface area (Å²) in [6.07, 6.45) is 7.70.